The van der Waals surface area contributed by atoms with E-state index in [1.807, 2.05) is 68.4 Å². The first-order chi connectivity index (χ1) is 11.6. The molecule has 1 aromatic heterocycles. The van der Waals surface area contributed by atoms with Crippen LogP contribution in [0.4, 0.5) is 5.69 Å². The lowest BCUT2D eigenvalue weighted by Gasteiger charge is -2.04. The molecule has 3 heteroatoms. The van der Waals surface area contributed by atoms with Crippen LogP contribution < -0.4 is 5.32 Å². The van der Waals surface area contributed by atoms with Crippen molar-refractivity contribution >= 4 is 33.3 Å². The Balaban J connectivity index is 1.78. The Kier molecular flexibility index (Phi) is 3.35. The molecule has 0 bridgehead atoms. The number of carbonyl (C=O) groups is 1. The van der Waals surface area contributed by atoms with Gasteiger partial charge in [-0.2, -0.15) is 0 Å². The quantitative estimate of drug-likeness (QED) is 0.534. The van der Waals surface area contributed by atoms with Crippen LogP contribution in [0.5, 0.6) is 0 Å². The molecule has 1 heterocycles. The summed E-state index contributed by atoms with van der Waals surface area (Å²) in [4.78, 5) is 12.6. The number of nitrogens with one attached hydrogen (secondary N) is 1. The summed E-state index contributed by atoms with van der Waals surface area (Å²) in [5, 5.41) is 6.00. The molecule has 0 aliphatic carbocycles. The first-order valence-electron chi connectivity index (χ1n) is 7.92. The molecule has 0 fully saturated rings. The fourth-order valence-electron chi connectivity index (χ4n) is 2.99. The average molecular weight is 315 g/mol. The monoisotopic (exact) mass is 315 g/mol. The van der Waals surface area contributed by atoms with Crippen LogP contribution in [0.25, 0.3) is 21.7 Å². The summed E-state index contributed by atoms with van der Waals surface area (Å²) in [6.07, 6.45) is 0. The van der Waals surface area contributed by atoms with Crippen molar-refractivity contribution in [3.05, 3.63) is 77.6 Å². The van der Waals surface area contributed by atoms with E-state index in [9.17, 15) is 4.79 Å². The number of anilines is 1. The second-order valence-electron chi connectivity index (χ2n) is 6.04. The minimum absolute atomic E-state index is 0.225. The Hall–Kier alpha value is -3.07. The summed E-state index contributed by atoms with van der Waals surface area (Å²) in [5.41, 5.74) is 3.54. The van der Waals surface area contributed by atoms with Gasteiger partial charge in [-0.3, -0.25) is 4.79 Å². The van der Waals surface area contributed by atoms with Crippen molar-refractivity contribution in [3.63, 3.8) is 0 Å². The third-order valence-corrected chi connectivity index (χ3v) is 4.34. The van der Waals surface area contributed by atoms with E-state index < -0.39 is 0 Å². The van der Waals surface area contributed by atoms with Crippen LogP contribution in [0.15, 0.2) is 65.1 Å². The van der Waals surface area contributed by atoms with Crippen molar-refractivity contribution in [3.8, 4) is 0 Å². The summed E-state index contributed by atoms with van der Waals surface area (Å²) < 4.78 is 5.96. The highest BCUT2D eigenvalue weighted by Crippen LogP contribution is 2.32. The van der Waals surface area contributed by atoms with Gasteiger partial charge in [0.25, 0.3) is 5.91 Å². The average Bonchev–Trinajstić information content (AvgIpc) is 2.94. The van der Waals surface area contributed by atoms with Gasteiger partial charge in [-0.05, 0) is 31.4 Å². The van der Waals surface area contributed by atoms with E-state index in [4.69, 9.17) is 4.42 Å². The Morgan fingerprint density at radius 3 is 2.42 bits per heavy atom. The molecule has 0 spiro atoms. The highest BCUT2D eigenvalue weighted by Gasteiger charge is 2.19. The molecular formula is C21H17NO2. The number of hydrogen-bond donors (Lipinski definition) is 1. The zero-order valence-electron chi connectivity index (χ0n) is 13.6. The van der Waals surface area contributed by atoms with Gasteiger partial charge in [-0.15, -0.1) is 0 Å². The van der Waals surface area contributed by atoms with Gasteiger partial charge in [0.15, 0.2) is 5.76 Å². The zero-order valence-corrected chi connectivity index (χ0v) is 13.6. The van der Waals surface area contributed by atoms with Gasteiger partial charge in [-0.1, -0.05) is 54.1 Å². The molecule has 0 aliphatic rings. The Bertz CT molecular complexity index is 1060. The molecule has 1 N–H and O–H groups in total. The van der Waals surface area contributed by atoms with Crippen LogP contribution in [0.3, 0.4) is 0 Å². The Labute approximate surface area is 139 Å². The molecule has 0 radical (unpaired) electrons. The van der Waals surface area contributed by atoms with Crippen molar-refractivity contribution in [1.82, 2.24) is 0 Å². The largest absolute Gasteiger partial charge is 0.450 e. The van der Waals surface area contributed by atoms with Crippen LogP contribution >= 0.6 is 0 Å². The molecule has 3 nitrogen and oxygen atoms in total. The van der Waals surface area contributed by atoms with Crippen LogP contribution in [0.2, 0.25) is 0 Å². The van der Waals surface area contributed by atoms with E-state index in [2.05, 4.69) is 11.4 Å². The molecule has 0 atom stereocenters. The Morgan fingerprint density at radius 2 is 1.62 bits per heavy atom. The number of amides is 1. The summed E-state index contributed by atoms with van der Waals surface area (Å²) >= 11 is 0. The number of fused-ring (bicyclic) bond motifs is 3. The number of hydrogen-bond acceptors (Lipinski definition) is 2. The number of furan rings is 1. The normalized spacial score (nSPS) is 11.1. The summed E-state index contributed by atoms with van der Waals surface area (Å²) in [6.45, 7) is 3.94. The van der Waals surface area contributed by atoms with Gasteiger partial charge < -0.3 is 9.73 Å². The fourth-order valence-corrected chi connectivity index (χ4v) is 2.99. The van der Waals surface area contributed by atoms with Crippen LogP contribution in [-0.4, -0.2) is 5.91 Å². The van der Waals surface area contributed by atoms with Crippen molar-refractivity contribution in [2.24, 2.45) is 0 Å². The maximum absolute atomic E-state index is 12.6. The molecule has 4 rings (SSSR count). The maximum Gasteiger partial charge on any atom is 0.291 e. The predicted molar refractivity (Wildman–Crippen MR) is 97.6 cm³/mol. The minimum Gasteiger partial charge on any atom is -0.450 e. The van der Waals surface area contributed by atoms with E-state index >= 15 is 0 Å². The van der Waals surface area contributed by atoms with Crippen LogP contribution in [0, 0.1) is 13.8 Å². The highest BCUT2D eigenvalue weighted by atomic mass is 16.3. The second-order valence-corrected chi connectivity index (χ2v) is 6.04. The number of rotatable bonds is 2. The number of benzene rings is 3. The molecule has 3 aromatic carbocycles. The maximum atomic E-state index is 12.6. The van der Waals surface area contributed by atoms with Crippen molar-refractivity contribution in [2.75, 3.05) is 5.32 Å². The third kappa shape index (κ3) is 2.35. The molecule has 1 amide bonds. The van der Waals surface area contributed by atoms with Gasteiger partial charge in [-0.25, -0.2) is 0 Å². The molecule has 0 unspecified atom stereocenters. The minimum atomic E-state index is -0.225. The SMILES string of the molecule is Cc1ccc(NC(=O)c2oc3c(ccc4ccccc43)c2C)cc1. The molecule has 24 heavy (non-hydrogen) atoms. The van der Waals surface area contributed by atoms with Gasteiger partial charge >= 0.3 is 0 Å². The van der Waals surface area contributed by atoms with Crippen LogP contribution in [-0.2, 0) is 0 Å². The van der Waals surface area contributed by atoms with Gasteiger partial charge in [0, 0.05) is 22.0 Å². The fraction of sp³-hybridized carbons (Fsp3) is 0.0952. The topological polar surface area (TPSA) is 42.2 Å². The van der Waals surface area contributed by atoms with E-state index in [-0.39, 0.29) is 5.91 Å². The predicted octanol–water partition coefficient (Wildman–Crippen LogP) is 5.46. The number of aryl methyl sites for hydroxylation is 2. The third-order valence-electron chi connectivity index (χ3n) is 4.34. The summed E-state index contributed by atoms with van der Waals surface area (Å²) in [5.74, 6) is 0.138. The molecule has 0 saturated heterocycles. The van der Waals surface area contributed by atoms with Crippen LogP contribution in [0.1, 0.15) is 21.7 Å². The molecule has 4 aromatic rings. The molecule has 0 saturated carbocycles. The van der Waals surface area contributed by atoms with Gasteiger partial charge in [0.05, 0.1) is 0 Å². The van der Waals surface area contributed by atoms with E-state index in [0.29, 0.717) is 5.76 Å². The van der Waals surface area contributed by atoms with E-state index in [0.717, 1.165) is 38.6 Å². The lowest BCUT2D eigenvalue weighted by molar-refractivity contribution is 0.0998. The number of carbonyl (C=O) groups excluding carboxylic acids is 1. The molecular weight excluding hydrogens is 298 g/mol. The Morgan fingerprint density at radius 1 is 0.875 bits per heavy atom. The van der Waals surface area contributed by atoms with Crippen molar-refractivity contribution in [2.45, 2.75) is 13.8 Å². The van der Waals surface area contributed by atoms with Crippen molar-refractivity contribution < 1.29 is 9.21 Å². The molecule has 0 aliphatic heterocycles. The second kappa shape index (κ2) is 5.53. The first-order valence-corrected chi connectivity index (χ1v) is 7.92. The van der Waals surface area contributed by atoms with Gasteiger partial charge in [0.2, 0.25) is 0 Å². The zero-order chi connectivity index (χ0) is 16.7. The summed E-state index contributed by atoms with van der Waals surface area (Å²) in [7, 11) is 0. The lowest BCUT2D eigenvalue weighted by Crippen LogP contribution is -2.11. The van der Waals surface area contributed by atoms with Crippen molar-refractivity contribution in [1.29, 1.82) is 0 Å². The first kappa shape index (κ1) is 14.5. The van der Waals surface area contributed by atoms with E-state index in [1.165, 1.54) is 0 Å². The van der Waals surface area contributed by atoms with Gasteiger partial charge in [0.1, 0.15) is 5.58 Å². The van der Waals surface area contributed by atoms with E-state index in [1.54, 1.807) is 0 Å². The smallest absolute Gasteiger partial charge is 0.291 e. The lowest BCUT2D eigenvalue weighted by atomic mass is 10.1. The highest BCUT2D eigenvalue weighted by molar-refractivity contribution is 6.11. The summed E-state index contributed by atoms with van der Waals surface area (Å²) in [6, 6.07) is 19.8. The molecule has 118 valence electrons. The standard InChI is InChI=1S/C21H17NO2/c1-13-7-10-16(11-8-13)22-21(23)19-14(2)17-12-9-15-5-3-4-6-18(15)20(17)24-19/h3-12H,1-2H3,(H,22,23).